The molecule has 1 atom stereocenters. The summed E-state index contributed by atoms with van der Waals surface area (Å²) in [6.07, 6.45) is 6.13. The summed E-state index contributed by atoms with van der Waals surface area (Å²) in [6, 6.07) is 0. The van der Waals surface area contributed by atoms with Crippen LogP contribution in [0.2, 0.25) is 0 Å². The van der Waals surface area contributed by atoms with Gasteiger partial charge >= 0.3 is 0 Å². The lowest BCUT2D eigenvalue weighted by molar-refractivity contribution is 0.724. The molecule has 0 aliphatic rings. The van der Waals surface area contributed by atoms with Crippen molar-refractivity contribution in [2.75, 3.05) is 0 Å². The SMILES string of the molecule is C#CC(C)CC.CC.CC.CC.CC. The maximum atomic E-state index is 5.03. The molecule has 14 heavy (non-hydrogen) atoms. The molecule has 0 aliphatic heterocycles. The molecular formula is C14H34. The fourth-order valence-electron chi connectivity index (χ4n) is 0.118. The van der Waals surface area contributed by atoms with Gasteiger partial charge in [-0.05, 0) is 6.42 Å². The van der Waals surface area contributed by atoms with Gasteiger partial charge in [-0.25, -0.2) is 0 Å². The van der Waals surface area contributed by atoms with Crippen LogP contribution in [0.25, 0.3) is 0 Å². The molecule has 0 radical (unpaired) electrons. The van der Waals surface area contributed by atoms with E-state index in [1.807, 2.05) is 62.3 Å². The minimum atomic E-state index is 0.463. The number of hydrogen-bond acceptors (Lipinski definition) is 0. The van der Waals surface area contributed by atoms with Gasteiger partial charge in [0.2, 0.25) is 0 Å². The van der Waals surface area contributed by atoms with Crippen molar-refractivity contribution in [1.29, 1.82) is 0 Å². The van der Waals surface area contributed by atoms with Crippen LogP contribution in [-0.4, -0.2) is 0 Å². The summed E-state index contributed by atoms with van der Waals surface area (Å²) < 4.78 is 0. The van der Waals surface area contributed by atoms with Gasteiger partial charge in [0.05, 0.1) is 0 Å². The minimum absolute atomic E-state index is 0.463. The fourth-order valence-corrected chi connectivity index (χ4v) is 0.118. The molecule has 0 aromatic carbocycles. The Balaban J connectivity index is -0.0000000287. The van der Waals surface area contributed by atoms with E-state index in [4.69, 9.17) is 6.42 Å². The molecule has 0 saturated carbocycles. The molecule has 0 spiro atoms. The quantitative estimate of drug-likeness (QED) is 0.473. The Morgan fingerprint density at radius 3 is 1.07 bits per heavy atom. The van der Waals surface area contributed by atoms with Crippen LogP contribution in [0.15, 0.2) is 0 Å². The molecular weight excluding hydrogens is 168 g/mol. The van der Waals surface area contributed by atoms with Gasteiger partial charge in [-0.2, -0.15) is 0 Å². The van der Waals surface area contributed by atoms with Crippen LogP contribution in [0.5, 0.6) is 0 Å². The van der Waals surface area contributed by atoms with Crippen LogP contribution in [-0.2, 0) is 0 Å². The second kappa shape index (κ2) is 80.7. The number of rotatable bonds is 1. The van der Waals surface area contributed by atoms with Gasteiger partial charge in [0.15, 0.2) is 0 Å². The van der Waals surface area contributed by atoms with E-state index in [2.05, 4.69) is 12.8 Å². The Bertz CT molecular complexity index is 56.9. The Labute approximate surface area is 94.5 Å². The minimum Gasteiger partial charge on any atom is -0.120 e. The molecule has 0 amide bonds. The van der Waals surface area contributed by atoms with Crippen molar-refractivity contribution in [3.05, 3.63) is 0 Å². The summed E-state index contributed by atoms with van der Waals surface area (Å²) in [5.74, 6) is 3.08. The lowest BCUT2D eigenvalue weighted by Gasteiger charge is -1.90. The molecule has 0 bridgehead atoms. The fraction of sp³-hybridized carbons (Fsp3) is 0.857. The van der Waals surface area contributed by atoms with Crippen molar-refractivity contribution in [3.8, 4) is 12.3 Å². The summed E-state index contributed by atoms with van der Waals surface area (Å²) in [7, 11) is 0. The van der Waals surface area contributed by atoms with Gasteiger partial charge in [0, 0.05) is 5.92 Å². The molecule has 0 saturated heterocycles. The predicted octanol–water partition coefficient (Wildman–Crippen LogP) is 5.77. The van der Waals surface area contributed by atoms with E-state index in [0.29, 0.717) is 5.92 Å². The second-order valence-electron chi connectivity index (χ2n) is 1.48. The van der Waals surface area contributed by atoms with E-state index in [-0.39, 0.29) is 0 Å². The highest BCUT2D eigenvalue weighted by molar-refractivity contribution is 4.88. The monoisotopic (exact) mass is 202 g/mol. The molecule has 0 N–H and O–H groups in total. The zero-order chi connectivity index (χ0) is 13.0. The third kappa shape index (κ3) is 102. The highest BCUT2D eigenvalue weighted by atomic mass is 13.9. The van der Waals surface area contributed by atoms with Gasteiger partial charge in [-0.1, -0.05) is 69.2 Å². The van der Waals surface area contributed by atoms with E-state index < -0.39 is 0 Å². The number of terminal acetylenes is 1. The van der Waals surface area contributed by atoms with Crippen molar-refractivity contribution in [3.63, 3.8) is 0 Å². The Morgan fingerprint density at radius 1 is 0.857 bits per heavy atom. The third-order valence-corrected chi connectivity index (χ3v) is 0.897. The average Bonchev–Trinajstić information content (AvgIpc) is 2.38. The highest BCUT2D eigenvalue weighted by Gasteiger charge is 1.84. The van der Waals surface area contributed by atoms with Crippen LogP contribution in [0, 0.1) is 18.3 Å². The van der Waals surface area contributed by atoms with Gasteiger partial charge in [0.25, 0.3) is 0 Å². The van der Waals surface area contributed by atoms with Crippen molar-refractivity contribution >= 4 is 0 Å². The summed E-state index contributed by atoms with van der Waals surface area (Å²) in [5, 5.41) is 0. The molecule has 0 rings (SSSR count). The van der Waals surface area contributed by atoms with E-state index in [1.54, 1.807) is 0 Å². The summed E-state index contributed by atoms with van der Waals surface area (Å²) in [5.41, 5.74) is 0. The van der Waals surface area contributed by atoms with Crippen LogP contribution >= 0.6 is 0 Å². The molecule has 0 heterocycles. The first-order valence-electron chi connectivity index (χ1n) is 6.27. The van der Waals surface area contributed by atoms with Crippen molar-refractivity contribution in [2.24, 2.45) is 5.92 Å². The molecule has 0 aromatic heterocycles. The molecule has 90 valence electrons. The van der Waals surface area contributed by atoms with Crippen LogP contribution in [0.3, 0.4) is 0 Å². The summed E-state index contributed by atoms with van der Waals surface area (Å²) >= 11 is 0. The zero-order valence-electron chi connectivity index (χ0n) is 12.4. The van der Waals surface area contributed by atoms with E-state index >= 15 is 0 Å². The topological polar surface area (TPSA) is 0 Å². The maximum Gasteiger partial charge on any atom is 0.0169 e. The number of hydrogen-bond donors (Lipinski definition) is 0. The highest BCUT2D eigenvalue weighted by Crippen LogP contribution is 1.94. The van der Waals surface area contributed by atoms with Gasteiger partial charge < -0.3 is 0 Å². The zero-order valence-corrected chi connectivity index (χ0v) is 12.4. The van der Waals surface area contributed by atoms with Crippen molar-refractivity contribution < 1.29 is 0 Å². The van der Waals surface area contributed by atoms with Crippen LogP contribution in [0.1, 0.15) is 75.7 Å². The second-order valence-corrected chi connectivity index (χ2v) is 1.48. The molecule has 1 unspecified atom stereocenters. The maximum absolute atomic E-state index is 5.03. The molecule has 0 fully saturated rings. The van der Waals surface area contributed by atoms with Crippen LogP contribution < -0.4 is 0 Å². The Morgan fingerprint density at radius 2 is 1.07 bits per heavy atom. The largest absolute Gasteiger partial charge is 0.120 e. The standard InChI is InChI=1S/C6H10.4C2H6/c1-4-6(3)5-2;4*1-2/h1,6H,5H2,2-3H3;4*1-2H3. The van der Waals surface area contributed by atoms with E-state index in [9.17, 15) is 0 Å². The Kier molecular flexibility index (Phi) is 168. The normalized spacial score (nSPS) is 7.21. The lowest BCUT2D eigenvalue weighted by Crippen LogP contribution is -1.81. The first-order chi connectivity index (χ1) is 6.81. The van der Waals surface area contributed by atoms with Crippen molar-refractivity contribution in [2.45, 2.75) is 75.7 Å². The average molecular weight is 202 g/mol. The molecule has 0 nitrogen and oxygen atoms in total. The first kappa shape index (κ1) is 29.2. The van der Waals surface area contributed by atoms with Gasteiger partial charge in [-0.15, -0.1) is 12.3 Å². The summed E-state index contributed by atoms with van der Waals surface area (Å²) in [4.78, 5) is 0. The molecule has 0 aliphatic carbocycles. The van der Waals surface area contributed by atoms with E-state index in [0.717, 1.165) is 6.42 Å². The molecule has 0 aromatic rings. The van der Waals surface area contributed by atoms with E-state index in [1.165, 1.54) is 0 Å². The molecule has 0 heteroatoms. The van der Waals surface area contributed by atoms with Gasteiger partial charge in [-0.3, -0.25) is 0 Å². The third-order valence-electron chi connectivity index (χ3n) is 0.897. The summed E-state index contributed by atoms with van der Waals surface area (Å²) in [6.45, 7) is 20.1. The van der Waals surface area contributed by atoms with Crippen LogP contribution in [0.4, 0.5) is 0 Å². The van der Waals surface area contributed by atoms with Crippen molar-refractivity contribution in [1.82, 2.24) is 0 Å². The van der Waals surface area contributed by atoms with Gasteiger partial charge in [0.1, 0.15) is 0 Å². The first-order valence-corrected chi connectivity index (χ1v) is 6.27. The predicted molar refractivity (Wildman–Crippen MR) is 73.7 cm³/mol. The lowest BCUT2D eigenvalue weighted by atomic mass is 10.1. The smallest absolute Gasteiger partial charge is 0.0169 e. The Hall–Kier alpha value is -0.440.